The van der Waals surface area contributed by atoms with E-state index < -0.39 is 5.82 Å². The molecule has 0 spiro atoms. The van der Waals surface area contributed by atoms with Gasteiger partial charge in [-0.05, 0) is 18.2 Å². The molecule has 0 bridgehead atoms. The summed E-state index contributed by atoms with van der Waals surface area (Å²) in [5.41, 5.74) is 0.276. The van der Waals surface area contributed by atoms with E-state index in [1.807, 2.05) is 0 Å². The molecule has 1 aromatic carbocycles. The summed E-state index contributed by atoms with van der Waals surface area (Å²) in [7, 11) is 0. The van der Waals surface area contributed by atoms with Gasteiger partial charge in [0.1, 0.15) is 5.82 Å². The van der Waals surface area contributed by atoms with Crippen LogP contribution in [0.3, 0.4) is 0 Å². The van der Waals surface area contributed by atoms with Gasteiger partial charge >= 0.3 is 0 Å². The van der Waals surface area contributed by atoms with Gasteiger partial charge in [-0.25, -0.2) is 4.39 Å². The number of rotatable bonds is 1. The van der Waals surface area contributed by atoms with E-state index in [0.29, 0.717) is 5.02 Å². The molecule has 0 N–H and O–H groups in total. The molecule has 0 amide bonds. The lowest BCUT2D eigenvalue weighted by molar-refractivity contribution is 0.418. The Balaban J connectivity index is 2.53. The maximum atomic E-state index is 13.2. The first-order chi connectivity index (χ1) is 6.27. The molecule has 2 aromatic rings. The Morgan fingerprint density at radius 2 is 2.23 bits per heavy atom. The topological polar surface area (TPSA) is 38.9 Å². The lowest BCUT2D eigenvalue weighted by Gasteiger charge is -1.96. The normalized spacial score (nSPS) is 10.3. The Morgan fingerprint density at radius 3 is 2.85 bits per heavy atom. The van der Waals surface area contributed by atoms with Crippen LogP contribution < -0.4 is 0 Å². The third-order valence-electron chi connectivity index (χ3n) is 1.53. The third-order valence-corrected chi connectivity index (χ3v) is 1.77. The van der Waals surface area contributed by atoms with Crippen LogP contribution in [-0.2, 0) is 0 Å². The minimum Gasteiger partial charge on any atom is -0.342 e. The summed E-state index contributed by atoms with van der Waals surface area (Å²) in [5, 5.41) is 3.85. The van der Waals surface area contributed by atoms with Crippen molar-refractivity contribution in [1.82, 2.24) is 10.1 Å². The van der Waals surface area contributed by atoms with Crippen molar-refractivity contribution in [3.8, 4) is 11.4 Å². The molecule has 0 saturated carbocycles. The highest BCUT2D eigenvalue weighted by Crippen LogP contribution is 2.21. The Labute approximate surface area is 78.1 Å². The van der Waals surface area contributed by atoms with E-state index >= 15 is 0 Å². The Morgan fingerprint density at radius 1 is 1.38 bits per heavy atom. The second kappa shape index (κ2) is 3.14. The number of benzene rings is 1. The second-order valence-corrected chi connectivity index (χ2v) is 2.82. The molecule has 0 aliphatic heterocycles. The van der Waals surface area contributed by atoms with Gasteiger partial charge in [0.2, 0.25) is 12.2 Å². The van der Waals surface area contributed by atoms with E-state index in [2.05, 4.69) is 14.7 Å². The van der Waals surface area contributed by atoms with Crippen LogP contribution in [0.2, 0.25) is 5.02 Å². The number of hydrogen-bond donors (Lipinski definition) is 0. The van der Waals surface area contributed by atoms with E-state index in [4.69, 9.17) is 11.6 Å². The molecule has 0 fully saturated rings. The van der Waals surface area contributed by atoms with Crippen molar-refractivity contribution in [2.24, 2.45) is 0 Å². The van der Waals surface area contributed by atoms with Crippen molar-refractivity contribution in [3.05, 3.63) is 35.4 Å². The van der Waals surface area contributed by atoms with Gasteiger partial charge in [0.25, 0.3) is 0 Å². The number of hydrogen-bond acceptors (Lipinski definition) is 3. The van der Waals surface area contributed by atoms with Crippen LogP contribution in [0.15, 0.2) is 29.1 Å². The summed E-state index contributed by atoms with van der Waals surface area (Å²) in [5.74, 6) is -0.247. The van der Waals surface area contributed by atoms with Gasteiger partial charge in [-0.3, -0.25) is 0 Å². The predicted octanol–water partition coefficient (Wildman–Crippen LogP) is 2.53. The quantitative estimate of drug-likeness (QED) is 0.707. The average Bonchev–Trinajstić information content (AvgIpc) is 2.56. The fraction of sp³-hybridized carbons (Fsp3) is 0. The number of nitrogens with zero attached hydrogens (tertiary/aromatic N) is 2. The van der Waals surface area contributed by atoms with Crippen molar-refractivity contribution < 1.29 is 8.91 Å². The number of halogens is 2. The summed E-state index contributed by atoms with van der Waals surface area (Å²) in [4.78, 5) is 3.72. The van der Waals surface area contributed by atoms with Crippen LogP contribution in [0.5, 0.6) is 0 Å². The van der Waals surface area contributed by atoms with Crippen LogP contribution in [0.4, 0.5) is 4.39 Å². The molecule has 5 heteroatoms. The van der Waals surface area contributed by atoms with E-state index in [-0.39, 0.29) is 11.4 Å². The highest BCUT2D eigenvalue weighted by molar-refractivity contribution is 6.30. The molecular formula is C8H4ClFN2O. The highest BCUT2D eigenvalue weighted by Gasteiger charge is 2.08. The highest BCUT2D eigenvalue weighted by atomic mass is 35.5. The maximum absolute atomic E-state index is 13.2. The lowest BCUT2D eigenvalue weighted by atomic mass is 10.2. The largest absolute Gasteiger partial charge is 0.342 e. The van der Waals surface area contributed by atoms with Gasteiger partial charge in [-0.1, -0.05) is 16.8 Å². The van der Waals surface area contributed by atoms with E-state index in [1.165, 1.54) is 12.1 Å². The second-order valence-electron chi connectivity index (χ2n) is 2.38. The first-order valence-electron chi connectivity index (χ1n) is 3.49. The van der Waals surface area contributed by atoms with Crippen molar-refractivity contribution in [2.75, 3.05) is 0 Å². The fourth-order valence-corrected chi connectivity index (χ4v) is 1.12. The van der Waals surface area contributed by atoms with Gasteiger partial charge < -0.3 is 4.52 Å². The number of aromatic nitrogens is 2. The Bertz CT molecular complexity index is 416. The van der Waals surface area contributed by atoms with Gasteiger partial charge in [-0.15, -0.1) is 0 Å². The van der Waals surface area contributed by atoms with Gasteiger partial charge in [0.05, 0.1) is 5.56 Å². The molecule has 0 unspecified atom stereocenters. The predicted molar refractivity (Wildman–Crippen MR) is 44.7 cm³/mol. The van der Waals surface area contributed by atoms with Crippen molar-refractivity contribution in [2.45, 2.75) is 0 Å². The standard InChI is InChI=1S/C8H4ClFN2O/c9-5-1-2-6(7(10)3-5)8-11-4-13-12-8/h1-4H. The zero-order valence-electron chi connectivity index (χ0n) is 6.37. The Kier molecular flexibility index (Phi) is 1.98. The van der Waals surface area contributed by atoms with Gasteiger partial charge in [0, 0.05) is 5.02 Å². The SMILES string of the molecule is Fc1cc(Cl)ccc1-c1ncon1. The van der Waals surface area contributed by atoms with Crippen molar-refractivity contribution >= 4 is 11.6 Å². The van der Waals surface area contributed by atoms with Crippen LogP contribution in [0.25, 0.3) is 11.4 Å². The molecular weight excluding hydrogens is 195 g/mol. The van der Waals surface area contributed by atoms with Crippen LogP contribution in [0.1, 0.15) is 0 Å². The third kappa shape index (κ3) is 1.53. The summed E-state index contributed by atoms with van der Waals surface area (Å²) in [6.07, 6.45) is 1.14. The van der Waals surface area contributed by atoms with Gasteiger partial charge in [-0.2, -0.15) is 4.98 Å². The molecule has 0 aliphatic carbocycles. The molecule has 0 aliphatic rings. The van der Waals surface area contributed by atoms with Crippen molar-refractivity contribution in [1.29, 1.82) is 0 Å². The molecule has 66 valence electrons. The van der Waals surface area contributed by atoms with E-state index in [9.17, 15) is 4.39 Å². The monoisotopic (exact) mass is 198 g/mol. The molecule has 13 heavy (non-hydrogen) atoms. The Hall–Kier alpha value is -1.42. The first kappa shape index (κ1) is 8.19. The summed E-state index contributed by atoms with van der Waals surface area (Å²) in [6, 6.07) is 4.27. The van der Waals surface area contributed by atoms with Crippen LogP contribution in [0, 0.1) is 5.82 Å². The summed E-state index contributed by atoms with van der Waals surface area (Å²) < 4.78 is 17.7. The summed E-state index contributed by atoms with van der Waals surface area (Å²) in [6.45, 7) is 0. The molecule has 0 radical (unpaired) electrons. The zero-order valence-corrected chi connectivity index (χ0v) is 7.12. The fourth-order valence-electron chi connectivity index (χ4n) is 0.960. The van der Waals surface area contributed by atoms with Crippen LogP contribution in [-0.4, -0.2) is 10.1 Å². The maximum Gasteiger partial charge on any atom is 0.214 e. The van der Waals surface area contributed by atoms with E-state index in [1.54, 1.807) is 6.07 Å². The molecule has 1 heterocycles. The molecule has 2 rings (SSSR count). The van der Waals surface area contributed by atoms with E-state index in [0.717, 1.165) is 6.39 Å². The lowest BCUT2D eigenvalue weighted by Crippen LogP contribution is -1.85. The minimum atomic E-state index is -0.464. The molecule has 3 nitrogen and oxygen atoms in total. The van der Waals surface area contributed by atoms with Crippen LogP contribution >= 0.6 is 11.6 Å². The smallest absolute Gasteiger partial charge is 0.214 e. The van der Waals surface area contributed by atoms with Gasteiger partial charge in [0.15, 0.2) is 0 Å². The molecule has 0 atom stereocenters. The average molecular weight is 199 g/mol. The minimum absolute atomic E-state index is 0.217. The summed E-state index contributed by atoms with van der Waals surface area (Å²) >= 11 is 5.57. The first-order valence-corrected chi connectivity index (χ1v) is 3.87. The zero-order chi connectivity index (χ0) is 9.26. The molecule has 1 aromatic heterocycles. The molecule has 0 saturated heterocycles. The van der Waals surface area contributed by atoms with Crippen molar-refractivity contribution in [3.63, 3.8) is 0 Å².